The molecule has 0 aliphatic heterocycles. The number of halogens is 1. The summed E-state index contributed by atoms with van der Waals surface area (Å²) in [6.07, 6.45) is 2.53. The minimum Gasteiger partial charge on any atom is -0.486 e. The highest BCUT2D eigenvalue weighted by Gasteiger charge is 2.04. The van der Waals surface area contributed by atoms with Crippen LogP contribution >= 0.6 is 22.9 Å². The fourth-order valence-corrected chi connectivity index (χ4v) is 2.37. The van der Waals surface area contributed by atoms with Gasteiger partial charge in [0.25, 0.3) is 0 Å². The Bertz CT molecular complexity index is 652. The first-order valence-corrected chi connectivity index (χ1v) is 7.05. The quantitative estimate of drug-likeness (QED) is 0.854. The molecule has 0 spiro atoms. The monoisotopic (exact) mass is 309 g/mol. The summed E-state index contributed by atoms with van der Waals surface area (Å²) in [5.74, 6) is -0.454. The zero-order chi connectivity index (χ0) is 14.5. The van der Waals surface area contributed by atoms with Gasteiger partial charge in [0.15, 0.2) is 0 Å². The Labute approximate surface area is 125 Å². The lowest BCUT2D eigenvalue weighted by molar-refractivity contribution is -0.131. The van der Waals surface area contributed by atoms with Crippen LogP contribution in [0.4, 0.5) is 0 Å². The minimum atomic E-state index is -1.000. The van der Waals surface area contributed by atoms with Gasteiger partial charge < -0.3 is 9.84 Å². The van der Waals surface area contributed by atoms with Crippen LogP contribution in [-0.2, 0) is 11.4 Å². The number of hydrogen-bond donors (Lipinski definition) is 1. The number of aliphatic carboxylic acids is 1. The number of rotatable bonds is 5. The van der Waals surface area contributed by atoms with Crippen LogP contribution in [0.3, 0.4) is 0 Å². The average Bonchev–Trinajstić information content (AvgIpc) is 2.81. The molecular weight excluding hydrogens is 298 g/mol. The molecular formula is C14H12ClNO3S. The minimum absolute atomic E-state index is 0.356. The van der Waals surface area contributed by atoms with Gasteiger partial charge in [-0.3, -0.25) is 0 Å². The lowest BCUT2D eigenvalue weighted by atomic mass is 10.2. The molecule has 0 unspecified atom stereocenters. The van der Waals surface area contributed by atoms with Crippen LogP contribution in [0.2, 0.25) is 5.02 Å². The largest absolute Gasteiger partial charge is 0.486 e. The molecule has 2 rings (SSSR count). The second kappa shape index (κ2) is 6.54. The number of aryl methyl sites for hydroxylation is 1. The van der Waals surface area contributed by atoms with E-state index in [1.54, 1.807) is 29.5 Å². The van der Waals surface area contributed by atoms with Gasteiger partial charge in [-0.1, -0.05) is 17.7 Å². The third-order valence-corrected chi connectivity index (χ3v) is 3.53. The average molecular weight is 310 g/mol. The van der Waals surface area contributed by atoms with Crippen LogP contribution in [0.25, 0.3) is 6.08 Å². The van der Waals surface area contributed by atoms with Crippen molar-refractivity contribution in [2.24, 2.45) is 0 Å². The van der Waals surface area contributed by atoms with Crippen molar-refractivity contribution in [1.82, 2.24) is 4.98 Å². The van der Waals surface area contributed by atoms with Crippen molar-refractivity contribution in [2.75, 3.05) is 0 Å². The molecule has 1 aromatic carbocycles. The van der Waals surface area contributed by atoms with Crippen molar-refractivity contribution >= 4 is 35.0 Å². The molecule has 6 heteroatoms. The summed E-state index contributed by atoms with van der Waals surface area (Å²) >= 11 is 7.66. The molecule has 0 saturated heterocycles. The van der Waals surface area contributed by atoms with E-state index >= 15 is 0 Å². The van der Waals surface area contributed by atoms with Gasteiger partial charge in [-0.2, -0.15) is 0 Å². The molecule has 0 aliphatic carbocycles. The van der Waals surface area contributed by atoms with Crippen LogP contribution in [-0.4, -0.2) is 16.1 Å². The fraction of sp³-hybridized carbons (Fsp3) is 0.143. The second-order valence-electron chi connectivity index (χ2n) is 4.01. The highest BCUT2D eigenvalue weighted by atomic mass is 35.5. The maximum atomic E-state index is 10.4. The van der Waals surface area contributed by atoms with Gasteiger partial charge in [0.1, 0.15) is 12.4 Å². The van der Waals surface area contributed by atoms with E-state index in [9.17, 15) is 4.79 Å². The molecule has 0 atom stereocenters. The molecule has 0 fully saturated rings. The van der Waals surface area contributed by atoms with E-state index in [1.807, 2.05) is 12.3 Å². The maximum absolute atomic E-state index is 10.4. The smallest absolute Gasteiger partial charge is 0.328 e. The number of thiazole rings is 1. The van der Waals surface area contributed by atoms with Gasteiger partial charge in [0.2, 0.25) is 0 Å². The summed E-state index contributed by atoms with van der Waals surface area (Å²) < 4.78 is 5.59. The molecule has 104 valence electrons. The summed E-state index contributed by atoms with van der Waals surface area (Å²) in [7, 11) is 0. The summed E-state index contributed by atoms with van der Waals surface area (Å²) in [4.78, 5) is 14.7. The number of ether oxygens (including phenoxy) is 1. The molecule has 20 heavy (non-hydrogen) atoms. The Kier molecular flexibility index (Phi) is 4.76. The summed E-state index contributed by atoms with van der Waals surface area (Å²) in [5, 5.41) is 11.9. The third-order valence-electron chi connectivity index (χ3n) is 2.42. The van der Waals surface area contributed by atoms with Gasteiger partial charge in [-0.05, 0) is 30.7 Å². The Balaban J connectivity index is 2.04. The molecule has 0 aliphatic rings. The second-order valence-corrected chi connectivity index (χ2v) is 5.48. The summed E-state index contributed by atoms with van der Waals surface area (Å²) in [5.41, 5.74) is 1.56. The zero-order valence-corrected chi connectivity index (χ0v) is 12.2. The number of aromatic nitrogens is 1. The topological polar surface area (TPSA) is 59.4 Å². The van der Waals surface area contributed by atoms with E-state index in [1.165, 1.54) is 6.08 Å². The lowest BCUT2D eigenvalue weighted by Gasteiger charge is -2.07. The first-order valence-electron chi connectivity index (χ1n) is 5.79. The summed E-state index contributed by atoms with van der Waals surface area (Å²) in [6, 6.07) is 5.11. The molecule has 0 radical (unpaired) electrons. The fourth-order valence-electron chi connectivity index (χ4n) is 1.53. The van der Waals surface area contributed by atoms with Gasteiger partial charge in [0.05, 0.1) is 15.7 Å². The molecule has 0 saturated carbocycles. The Morgan fingerprint density at radius 3 is 2.95 bits per heavy atom. The van der Waals surface area contributed by atoms with Crippen LogP contribution in [0.15, 0.2) is 29.7 Å². The van der Waals surface area contributed by atoms with Crippen molar-refractivity contribution < 1.29 is 14.6 Å². The lowest BCUT2D eigenvalue weighted by Crippen LogP contribution is -1.96. The number of hydrogen-bond acceptors (Lipinski definition) is 4. The highest BCUT2D eigenvalue weighted by Crippen LogP contribution is 2.27. The first-order chi connectivity index (χ1) is 9.54. The number of carbonyl (C=O) groups is 1. The molecule has 1 N–H and O–H groups in total. The van der Waals surface area contributed by atoms with Crippen LogP contribution in [0.5, 0.6) is 5.75 Å². The predicted octanol–water partition coefficient (Wildman–Crippen LogP) is 3.78. The van der Waals surface area contributed by atoms with Gasteiger partial charge in [-0.25, -0.2) is 9.78 Å². The van der Waals surface area contributed by atoms with Gasteiger partial charge >= 0.3 is 5.97 Å². The Morgan fingerprint density at radius 1 is 1.55 bits per heavy atom. The van der Waals surface area contributed by atoms with Crippen molar-refractivity contribution in [3.63, 3.8) is 0 Å². The number of carboxylic acid groups (broad SMARTS) is 1. The third kappa shape index (κ3) is 4.08. The first kappa shape index (κ1) is 14.6. The normalized spacial score (nSPS) is 10.9. The van der Waals surface area contributed by atoms with E-state index in [0.29, 0.717) is 22.9 Å². The molecule has 0 bridgehead atoms. The van der Waals surface area contributed by atoms with Crippen molar-refractivity contribution in [2.45, 2.75) is 13.5 Å². The molecule has 2 aromatic rings. The number of nitrogens with zero attached hydrogens (tertiary/aromatic N) is 1. The standard InChI is InChI=1S/C14H12ClNO3S/c1-9-16-11(8-20-9)7-19-13-4-2-10(6-12(13)15)3-5-14(17)18/h2-6,8H,7H2,1H3,(H,17,18). The van der Waals surface area contributed by atoms with E-state index < -0.39 is 5.97 Å². The Hall–Kier alpha value is -1.85. The van der Waals surface area contributed by atoms with Crippen molar-refractivity contribution in [1.29, 1.82) is 0 Å². The SMILES string of the molecule is Cc1nc(COc2ccc(C=CC(=O)O)cc2Cl)cs1. The van der Waals surface area contributed by atoms with Gasteiger partial charge in [-0.15, -0.1) is 11.3 Å². The van der Waals surface area contributed by atoms with Crippen molar-refractivity contribution in [3.8, 4) is 5.75 Å². The van der Waals surface area contributed by atoms with E-state index in [-0.39, 0.29) is 0 Å². The van der Waals surface area contributed by atoms with E-state index in [2.05, 4.69) is 4.98 Å². The molecule has 1 heterocycles. The molecule has 0 amide bonds. The van der Waals surface area contributed by atoms with Crippen LogP contribution in [0.1, 0.15) is 16.3 Å². The summed E-state index contributed by atoms with van der Waals surface area (Å²) in [6.45, 7) is 2.29. The van der Waals surface area contributed by atoms with Gasteiger partial charge in [0, 0.05) is 11.5 Å². The Morgan fingerprint density at radius 2 is 2.35 bits per heavy atom. The molecule has 1 aromatic heterocycles. The van der Waals surface area contributed by atoms with Crippen LogP contribution < -0.4 is 4.74 Å². The number of carboxylic acids is 1. The van der Waals surface area contributed by atoms with E-state index in [0.717, 1.165) is 16.8 Å². The highest BCUT2D eigenvalue weighted by molar-refractivity contribution is 7.09. The van der Waals surface area contributed by atoms with E-state index in [4.69, 9.17) is 21.4 Å². The predicted molar refractivity (Wildman–Crippen MR) is 79.3 cm³/mol. The maximum Gasteiger partial charge on any atom is 0.328 e. The molecule has 4 nitrogen and oxygen atoms in total. The van der Waals surface area contributed by atoms with Crippen molar-refractivity contribution in [3.05, 3.63) is 50.9 Å². The number of benzene rings is 1. The zero-order valence-electron chi connectivity index (χ0n) is 10.7. The van der Waals surface area contributed by atoms with Crippen LogP contribution in [0, 0.1) is 6.92 Å².